The minimum Gasteiger partial charge on any atom is -0.444 e. The van der Waals surface area contributed by atoms with E-state index in [0.29, 0.717) is 11.3 Å². The summed E-state index contributed by atoms with van der Waals surface area (Å²) in [4.78, 5) is 37.3. The Bertz CT molecular complexity index is 894. The Labute approximate surface area is 162 Å². The van der Waals surface area contributed by atoms with Crippen LogP contribution in [0, 0.1) is 10.1 Å². The molecular formula is C20H21N3O5. The summed E-state index contributed by atoms with van der Waals surface area (Å²) in [6.45, 7) is 0. The highest BCUT2D eigenvalue weighted by molar-refractivity contribution is 5.94. The molecule has 28 heavy (non-hydrogen) atoms. The van der Waals surface area contributed by atoms with Gasteiger partial charge < -0.3 is 15.0 Å². The van der Waals surface area contributed by atoms with Gasteiger partial charge in [-0.2, -0.15) is 0 Å². The monoisotopic (exact) mass is 383 g/mol. The van der Waals surface area contributed by atoms with Gasteiger partial charge >= 0.3 is 5.97 Å². The van der Waals surface area contributed by atoms with Gasteiger partial charge in [-0.1, -0.05) is 30.3 Å². The number of nitrogens with one attached hydrogen (secondary N) is 1. The summed E-state index contributed by atoms with van der Waals surface area (Å²) in [6, 6.07) is 13.0. The lowest BCUT2D eigenvalue weighted by Crippen LogP contribution is -2.31. The van der Waals surface area contributed by atoms with E-state index in [1.165, 1.54) is 23.1 Å². The van der Waals surface area contributed by atoms with Crippen molar-refractivity contribution in [1.82, 2.24) is 4.90 Å². The van der Waals surface area contributed by atoms with E-state index in [-0.39, 0.29) is 17.3 Å². The Hall–Kier alpha value is -3.42. The lowest BCUT2D eigenvalue weighted by atomic mass is 10.1. The molecule has 0 radical (unpaired) electrons. The van der Waals surface area contributed by atoms with Crippen LogP contribution in [0.15, 0.2) is 48.5 Å². The van der Waals surface area contributed by atoms with Crippen molar-refractivity contribution >= 4 is 23.3 Å². The van der Waals surface area contributed by atoms with Crippen molar-refractivity contribution in [1.29, 1.82) is 0 Å². The largest absolute Gasteiger partial charge is 0.444 e. The molecule has 0 heterocycles. The van der Waals surface area contributed by atoms with E-state index in [9.17, 15) is 19.7 Å². The van der Waals surface area contributed by atoms with Gasteiger partial charge in [0.05, 0.1) is 10.5 Å². The van der Waals surface area contributed by atoms with Crippen LogP contribution < -0.4 is 5.32 Å². The predicted molar refractivity (Wildman–Crippen MR) is 103 cm³/mol. The first kappa shape index (κ1) is 19.3. The number of amides is 1. The van der Waals surface area contributed by atoms with Crippen molar-refractivity contribution in [3.63, 3.8) is 0 Å². The third kappa shape index (κ3) is 4.46. The molecule has 1 fully saturated rings. The summed E-state index contributed by atoms with van der Waals surface area (Å²) in [5.41, 5.74) is 0.709. The molecule has 0 aromatic heterocycles. The van der Waals surface area contributed by atoms with Crippen molar-refractivity contribution in [2.75, 3.05) is 19.4 Å². The van der Waals surface area contributed by atoms with Gasteiger partial charge in [-0.3, -0.25) is 14.9 Å². The Kier molecular flexibility index (Phi) is 5.58. The zero-order valence-electron chi connectivity index (χ0n) is 15.6. The number of benzene rings is 2. The molecule has 3 rings (SSSR count). The van der Waals surface area contributed by atoms with Crippen molar-refractivity contribution in [3.05, 3.63) is 69.8 Å². The summed E-state index contributed by atoms with van der Waals surface area (Å²) in [7, 11) is 3.13. The van der Waals surface area contributed by atoms with Crippen molar-refractivity contribution in [3.8, 4) is 0 Å². The number of carbonyl (C=O) groups is 2. The van der Waals surface area contributed by atoms with Gasteiger partial charge in [0.15, 0.2) is 0 Å². The fourth-order valence-corrected chi connectivity index (χ4v) is 2.68. The first-order valence-corrected chi connectivity index (χ1v) is 8.89. The van der Waals surface area contributed by atoms with Gasteiger partial charge in [0.2, 0.25) is 6.10 Å². The molecule has 2 aromatic rings. The third-order valence-corrected chi connectivity index (χ3v) is 4.36. The quantitative estimate of drug-likeness (QED) is 0.448. The predicted octanol–water partition coefficient (Wildman–Crippen LogP) is 3.16. The van der Waals surface area contributed by atoms with Gasteiger partial charge in [0.25, 0.3) is 11.6 Å². The molecule has 146 valence electrons. The molecule has 8 heteroatoms. The molecule has 1 aliphatic carbocycles. The second kappa shape index (κ2) is 8.08. The van der Waals surface area contributed by atoms with Crippen molar-refractivity contribution in [2.45, 2.75) is 25.0 Å². The van der Waals surface area contributed by atoms with Crippen LogP contribution in [0.5, 0.6) is 0 Å². The zero-order valence-corrected chi connectivity index (χ0v) is 15.6. The molecule has 0 aliphatic heterocycles. The van der Waals surface area contributed by atoms with E-state index in [4.69, 9.17) is 4.74 Å². The number of carbonyl (C=O) groups excluding carboxylic acids is 2. The molecule has 0 unspecified atom stereocenters. The number of nitrogens with zero attached hydrogens (tertiary/aromatic N) is 2. The summed E-state index contributed by atoms with van der Waals surface area (Å²) < 4.78 is 5.44. The second-order valence-electron chi connectivity index (χ2n) is 6.84. The van der Waals surface area contributed by atoms with Gasteiger partial charge in [0.1, 0.15) is 5.69 Å². The molecule has 1 atom stereocenters. The van der Waals surface area contributed by atoms with Crippen LogP contribution >= 0.6 is 0 Å². The molecule has 1 amide bonds. The fourth-order valence-electron chi connectivity index (χ4n) is 2.68. The number of hydrogen-bond acceptors (Lipinski definition) is 6. The minimum atomic E-state index is -1.13. The third-order valence-electron chi connectivity index (χ3n) is 4.36. The lowest BCUT2D eigenvalue weighted by molar-refractivity contribution is -0.384. The highest BCUT2D eigenvalue weighted by atomic mass is 16.6. The number of hydrogen-bond donors (Lipinski definition) is 1. The van der Waals surface area contributed by atoms with Crippen LogP contribution in [0.2, 0.25) is 0 Å². The molecular weight excluding hydrogens is 362 g/mol. The van der Waals surface area contributed by atoms with E-state index in [0.717, 1.165) is 12.8 Å². The van der Waals surface area contributed by atoms with Gasteiger partial charge in [-0.25, -0.2) is 4.79 Å². The number of ether oxygens (including phenoxy) is 1. The van der Waals surface area contributed by atoms with E-state index < -0.39 is 22.9 Å². The highest BCUT2D eigenvalue weighted by Crippen LogP contribution is 2.32. The molecule has 1 N–H and O–H groups in total. The summed E-state index contributed by atoms with van der Waals surface area (Å²) in [6.07, 6.45) is 0.797. The first-order valence-electron chi connectivity index (χ1n) is 8.89. The normalized spacial score (nSPS) is 14.1. The first-order chi connectivity index (χ1) is 13.4. The molecule has 0 bridgehead atoms. The maximum absolute atomic E-state index is 12.6. The van der Waals surface area contributed by atoms with Crippen LogP contribution in [0.1, 0.15) is 34.9 Å². The van der Waals surface area contributed by atoms with Crippen LogP contribution in [-0.4, -0.2) is 41.8 Å². The van der Waals surface area contributed by atoms with Gasteiger partial charge in [-0.05, 0) is 25.0 Å². The standard InChI is InChI=1S/C20H21N3O5/c1-22(2)19(24)18(13-6-4-3-5-7-13)28-20(25)14-8-11-16(21-15-9-10-15)17(12-14)23(26)27/h3-8,11-12,15,18,21H,9-10H2,1-2H3/t18-/m0/s1. The highest BCUT2D eigenvalue weighted by Gasteiger charge is 2.29. The number of nitro benzene ring substituents is 1. The SMILES string of the molecule is CN(C)C(=O)[C@@H](OC(=O)c1ccc(NC2CC2)c([N+](=O)[O-])c1)c1ccccc1. The van der Waals surface area contributed by atoms with Gasteiger partial charge in [0, 0.05) is 31.8 Å². The number of anilines is 1. The Morgan fingerprint density at radius 1 is 1.18 bits per heavy atom. The van der Waals surface area contributed by atoms with Crippen LogP contribution in [0.3, 0.4) is 0 Å². The fraction of sp³-hybridized carbons (Fsp3) is 0.300. The second-order valence-corrected chi connectivity index (χ2v) is 6.84. The van der Waals surface area contributed by atoms with E-state index >= 15 is 0 Å². The average Bonchev–Trinajstić information content (AvgIpc) is 3.50. The van der Waals surface area contributed by atoms with E-state index in [1.807, 2.05) is 0 Å². The number of rotatable bonds is 7. The smallest absolute Gasteiger partial charge is 0.339 e. The Morgan fingerprint density at radius 3 is 2.43 bits per heavy atom. The zero-order chi connectivity index (χ0) is 20.3. The van der Waals surface area contributed by atoms with Crippen LogP contribution in [0.4, 0.5) is 11.4 Å². The number of esters is 1. The summed E-state index contributed by atoms with van der Waals surface area (Å²) in [5, 5.41) is 14.5. The maximum Gasteiger partial charge on any atom is 0.339 e. The van der Waals surface area contributed by atoms with Gasteiger partial charge in [-0.15, -0.1) is 0 Å². The Morgan fingerprint density at radius 2 is 1.86 bits per heavy atom. The minimum absolute atomic E-state index is 0.0144. The summed E-state index contributed by atoms with van der Waals surface area (Å²) >= 11 is 0. The number of likely N-dealkylation sites (N-methyl/N-ethyl adjacent to an activating group) is 1. The van der Waals surface area contributed by atoms with Crippen molar-refractivity contribution in [2.24, 2.45) is 0 Å². The van der Waals surface area contributed by atoms with Crippen molar-refractivity contribution < 1.29 is 19.2 Å². The van der Waals surface area contributed by atoms with E-state index in [1.54, 1.807) is 44.4 Å². The molecule has 0 spiro atoms. The molecule has 1 saturated carbocycles. The maximum atomic E-state index is 12.6. The number of nitro groups is 1. The summed E-state index contributed by atoms with van der Waals surface area (Å²) in [5.74, 6) is -1.20. The molecule has 8 nitrogen and oxygen atoms in total. The molecule has 0 saturated heterocycles. The topological polar surface area (TPSA) is 102 Å². The van der Waals surface area contributed by atoms with E-state index in [2.05, 4.69) is 5.32 Å². The average molecular weight is 383 g/mol. The molecule has 1 aliphatic rings. The Balaban J connectivity index is 1.86. The van der Waals surface area contributed by atoms with Crippen LogP contribution in [0.25, 0.3) is 0 Å². The van der Waals surface area contributed by atoms with Crippen LogP contribution in [-0.2, 0) is 9.53 Å². The lowest BCUT2D eigenvalue weighted by Gasteiger charge is -2.21. The molecule has 2 aromatic carbocycles.